The Bertz CT molecular complexity index is 632. The lowest BCUT2D eigenvalue weighted by atomic mass is 10.1. The van der Waals surface area contributed by atoms with Crippen LogP contribution in [0.3, 0.4) is 0 Å². The molecule has 0 amide bonds. The van der Waals surface area contributed by atoms with Gasteiger partial charge in [-0.2, -0.15) is 5.26 Å². The summed E-state index contributed by atoms with van der Waals surface area (Å²) in [4.78, 5) is 0. The quantitative estimate of drug-likeness (QED) is 0.815. The number of rotatable bonds is 6. The van der Waals surface area contributed by atoms with E-state index in [1.165, 1.54) is 0 Å². The van der Waals surface area contributed by atoms with E-state index in [4.69, 9.17) is 19.5 Å². The van der Waals surface area contributed by atoms with Crippen molar-refractivity contribution in [1.82, 2.24) is 0 Å². The van der Waals surface area contributed by atoms with Gasteiger partial charge in [0.05, 0.1) is 26.7 Å². The highest BCUT2D eigenvalue weighted by atomic mass is 16.5. The number of nitrogens with zero attached hydrogens (tertiary/aromatic N) is 1. The van der Waals surface area contributed by atoms with Crippen LogP contribution >= 0.6 is 0 Å². The van der Waals surface area contributed by atoms with Crippen molar-refractivity contribution in [2.45, 2.75) is 13.0 Å². The van der Waals surface area contributed by atoms with Crippen LogP contribution in [0.15, 0.2) is 42.5 Å². The maximum atomic E-state index is 8.94. The number of hydrogen-bond donors (Lipinski definition) is 0. The van der Waals surface area contributed by atoms with Crippen LogP contribution in [0.5, 0.6) is 17.2 Å². The number of methoxy groups -OCH3 is 2. The van der Waals surface area contributed by atoms with Crippen LogP contribution in [0.4, 0.5) is 0 Å². The molecular weight excluding hydrogens is 266 g/mol. The van der Waals surface area contributed by atoms with E-state index in [1.807, 2.05) is 36.4 Å². The molecule has 0 atom stereocenters. The Labute approximate surface area is 124 Å². The van der Waals surface area contributed by atoms with Crippen LogP contribution in [0.1, 0.15) is 11.1 Å². The predicted octanol–water partition coefficient (Wildman–Crippen LogP) is 3.35. The third-order valence-electron chi connectivity index (χ3n) is 3.08. The molecule has 108 valence electrons. The largest absolute Gasteiger partial charge is 0.493 e. The van der Waals surface area contributed by atoms with Crippen LogP contribution in [-0.2, 0) is 13.0 Å². The highest BCUT2D eigenvalue weighted by molar-refractivity contribution is 5.56. The van der Waals surface area contributed by atoms with E-state index in [2.05, 4.69) is 6.07 Å². The molecule has 0 radical (unpaired) electrons. The van der Waals surface area contributed by atoms with Gasteiger partial charge in [0.15, 0.2) is 11.5 Å². The normalized spacial score (nSPS) is 9.76. The molecule has 0 aliphatic rings. The molecule has 21 heavy (non-hydrogen) atoms. The van der Waals surface area contributed by atoms with Crippen molar-refractivity contribution in [3.63, 3.8) is 0 Å². The van der Waals surface area contributed by atoms with Crippen molar-refractivity contribution in [3.8, 4) is 23.3 Å². The second kappa shape index (κ2) is 7.20. The summed E-state index contributed by atoms with van der Waals surface area (Å²) in [6.07, 6.45) is 0.254. The van der Waals surface area contributed by atoms with Crippen LogP contribution in [-0.4, -0.2) is 14.2 Å². The van der Waals surface area contributed by atoms with Gasteiger partial charge < -0.3 is 14.2 Å². The van der Waals surface area contributed by atoms with Crippen molar-refractivity contribution in [2.75, 3.05) is 14.2 Å². The van der Waals surface area contributed by atoms with Gasteiger partial charge in [0.2, 0.25) is 5.75 Å². The Kier molecular flexibility index (Phi) is 5.05. The van der Waals surface area contributed by atoms with Gasteiger partial charge in [-0.1, -0.05) is 36.4 Å². The average molecular weight is 283 g/mol. The van der Waals surface area contributed by atoms with Gasteiger partial charge >= 0.3 is 0 Å². The fourth-order valence-electron chi connectivity index (χ4n) is 2.05. The van der Waals surface area contributed by atoms with Crippen molar-refractivity contribution in [3.05, 3.63) is 53.6 Å². The molecular formula is C17H17NO3. The highest BCUT2D eigenvalue weighted by Crippen LogP contribution is 2.40. The molecule has 0 fully saturated rings. The Hall–Kier alpha value is -2.67. The van der Waals surface area contributed by atoms with E-state index in [0.717, 1.165) is 11.1 Å². The predicted molar refractivity (Wildman–Crippen MR) is 79.6 cm³/mol. The molecule has 0 aliphatic carbocycles. The molecule has 4 heteroatoms. The van der Waals surface area contributed by atoms with E-state index in [-0.39, 0.29) is 6.42 Å². The summed E-state index contributed by atoms with van der Waals surface area (Å²) in [6, 6.07) is 15.6. The minimum Gasteiger partial charge on any atom is -0.493 e. The molecule has 0 bridgehead atoms. The van der Waals surface area contributed by atoms with E-state index in [1.54, 1.807) is 20.3 Å². The number of nitriles is 1. The van der Waals surface area contributed by atoms with Crippen molar-refractivity contribution in [1.29, 1.82) is 5.26 Å². The van der Waals surface area contributed by atoms with Crippen molar-refractivity contribution < 1.29 is 14.2 Å². The number of hydrogen-bond acceptors (Lipinski definition) is 4. The van der Waals surface area contributed by atoms with E-state index in [9.17, 15) is 0 Å². The Morgan fingerprint density at radius 3 is 2.33 bits per heavy atom. The molecule has 0 heterocycles. The first-order valence-corrected chi connectivity index (χ1v) is 6.57. The maximum Gasteiger partial charge on any atom is 0.203 e. The lowest BCUT2D eigenvalue weighted by molar-refractivity contribution is 0.273. The molecule has 0 aliphatic heterocycles. The first-order chi connectivity index (χ1) is 10.3. The van der Waals surface area contributed by atoms with Crippen LogP contribution in [0.25, 0.3) is 0 Å². The van der Waals surface area contributed by atoms with Crippen LogP contribution < -0.4 is 14.2 Å². The molecule has 0 saturated carbocycles. The zero-order chi connectivity index (χ0) is 15.1. The van der Waals surface area contributed by atoms with Crippen molar-refractivity contribution in [2.24, 2.45) is 0 Å². The van der Waals surface area contributed by atoms with Crippen LogP contribution in [0, 0.1) is 11.3 Å². The van der Waals surface area contributed by atoms with Gasteiger partial charge in [-0.3, -0.25) is 0 Å². The Morgan fingerprint density at radius 2 is 1.71 bits per heavy atom. The third-order valence-corrected chi connectivity index (χ3v) is 3.08. The Balaban J connectivity index is 2.32. The zero-order valence-electron chi connectivity index (χ0n) is 12.1. The average Bonchev–Trinajstić information content (AvgIpc) is 2.54. The fraction of sp³-hybridized carbons (Fsp3) is 0.235. The third kappa shape index (κ3) is 3.46. The minimum absolute atomic E-state index is 0.254. The second-order valence-corrected chi connectivity index (χ2v) is 4.40. The molecule has 0 spiro atoms. The molecule has 2 aromatic rings. The van der Waals surface area contributed by atoms with E-state index < -0.39 is 0 Å². The summed E-state index contributed by atoms with van der Waals surface area (Å²) >= 11 is 0. The maximum absolute atomic E-state index is 8.94. The molecule has 2 rings (SSSR count). The monoisotopic (exact) mass is 283 g/mol. The molecule has 4 nitrogen and oxygen atoms in total. The Morgan fingerprint density at radius 1 is 0.952 bits per heavy atom. The number of benzene rings is 2. The summed E-state index contributed by atoms with van der Waals surface area (Å²) in [5.41, 5.74) is 1.83. The van der Waals surface area contributed by atoms with Gasteiger partial charge in [-0.05, 0) is 11.6 Å². The SMILES string of the molecule is COc1ccc(CC#N)c(OCc2ccccc2)c1OC. The van der Waals surface area contributed by atoms with E-state index in [0.29, 0.717) is 23.9 Å². The summed E-state index contributed by atoms with van der Waals surface area (Å²) in [5.74, 6) is 1.66. The summed E-state index contributed by atoms with van der Waals surface area (Å²) in [5, 5.41) is 8.94. The topological polar surface area (TPSA) is 51.5 Å². The van der Waals surface area contributed by atoms with Crippen LogP contribution in [0.2, 0.25) is 0 Å². The first-order valence-electron chi connectivity index (χ1n) is 6.57. The standard InChI is InChI=1S/C17H17NO3/c1-19-15-9-8-14(10-11-18)16(17(15)20-2)21-12-13-6-4-3-5-7-13/h3-9H,10,12H2,1-2H3. The van der Waals surface area contributed by atoms with E-state index >= 15 is 0 Å². The second-order valence-electron chi connectivity index (χ2n) is 4.40. The van der Waals surface area contributed by atoms with Gasteiger partial charge in [0.25, 0.3) is 0 Å². The lowest BCUT2D eigenvalue weighted by Gasteiger charge is -2.16. The van der Waals surface area contributed by atoms with Gasteiger partial charge in [0, 0.05) is 5.56 Å². The number of ether oxygens (including phenoxy) is 3. The summed E-state index contributed by atoms with van der Waals surface area (Å²) < 4.78 is 16.5. The first kappa shape index (κ1) is 14.7. The zero-order valence-corrected chi connectivity index (χ0v) is 12.1. The smallest absolute Gasteiger partial charge is 0.203 e. The van der Waals surface area contributed by atoms with Crippen molar-refractivity contribution >= 4 is 0 Å². The molecule has 0 saturated heterocycles. The fourth-order valence-corrected chi connectivity index (χ4v) is 2.05. The molecule has 2 aromatic carbocycles. The minimum atomic E-state index is 0.254. The summed E-state index contributed by atoms with van der Waals surface area (Å²) in [7, 11) is 3.13. The van der Waals surface area contributed by atoms with Gasteiger partial charge in [-0.15, -0.1) is 0 Å². The highest BCUT2D eigenvalue weighted by Gasteiger charge is 2.16. The molecule has 0 unspecified atom stereocenters. The summed E-state index contributed by atoms with van der Waals surface area (Å²) in [6.45, 7) is 0.406. The molecule has 0 N–H and O–H groups in total. The lowest BCUT2D eigenvalue weighted by Crippen LogP contribution is -2.02. The van der Waals surface area contributed by atoms with Gasteiger partial charge in [-0.25, -0.2) is 0 Å². The van der Waals surface area contributed by atoms with Gasteiger partial charge in [0.1, 0.15) is 6.61 Å². The molecule has 0 aromatic heterocycles.